The number of pyridine rings is 1. The Kier molecular flexibility index (Phi) is 7.74. The van der Waals surface area contributed by atoms with Crippen molar-refractivity contribution in [1.29, 1.82) is 0 Å². The molecule has 230 valence electrons. The van der Waals surface area contributed by atoms with Crippen molar-refractivity contribution < 1.29 is 4.79 Å². The summed E-state index contributed by atoms with van der Waals surface area (Å²) in [6.45, 7) is 7.69. The molecular weight excluding hydrogens is 548 g/mol. The molecule has 3 aromatic heterocycles. The molecule has 2 saturated heterocycles. The Morgan fingerprint density at radius 1 is 0.977 bits per heavy atom. The first-order valence-electron chi connectivity index (χ1n) is 16.2. The van der Waals surface area contributed by atoms with Gasteiger partial charge >= 0.3 is 0 Å². The number of nitrogens with zero attached hydrogens (tertiary/aromatic N) is 7. The summed E-state index contributed by atoms with van der Waals surface area (Å²) in [6, 6.07) is 15.4. The molecule has 3 fully saturated rings. The molecule has 0 unspecified atom stereocenters. The van der Waals surface area contributed by atoms with Gasteiger partial charge in [-0.3, -0.25) is 9.69 Å². The number of piperidine rings is 1. The van der Waals surface area contributed by atoms with E-state index in [-0.39, 0.29) is 11.9 Å². The number of aromatic nitrogens is 4. The summed E-state index contributed by atoms with van der Waals surface area (Å²) in [7, 11) is 3.59. The van der Waals surface area contributed by atoms with Crippen LogP contribution in [0.4, 0.5) is 17.5 Å². The molecule has 3 aliphatic rings. The summed E-state index contributed by atoms with van der Waals surface area (Å²) in [5, 5.41) is 4.19. The van der Waals surface area contributed by atoms with Crippen LogP contribution in [0.2, 0.25) is 0 Å². The number of fused-ring (bicyclic) bond motifs is 1. The zero-order valence-corrected chi connectivity index (χ0v) is 26.3. The van der Waals surface area contributed by atoms with E-state index >= 15 is 0 Å². The van der Waals surface area contributed by atoms with E-state index in [4.69, 9.17) is 9.97 Å². The number of benzene rings is 1. The van der Waals surface area contributed by atoms with Gasteiger partial charge in [0, 0.05) is 63.2 Å². The highest BCUT2D eigenvalue weighted by Crippen LogP contribution is 2.42. The molecule has 5 heterocycles. The maximum absolute atomic E-state index is 13.0. The molecule has 4 aromatic rings. The van der Waals surface area contributed by atoms with Crippen LogP contribution in [0.15, 0.2) is 54.9 Å². The Balaban J connectivity index is 0.980. The fourth-order valence-electron chi connectivity index (χ4n) is 7.46. The monoisotopic (exact) mass is 592 g/mol. The van der Waals surface area contributed by atoms with Gasteiger partial charge in [-0.05, 0) is 87.4 Å². The van der Waals surface area contributed by atoms with Crippen LogP contribution >= 0.6 is 0 Å². The molecule has 44 heavy (non-hydrogen) atoms. The third kappa shape index (κ3) is 5.77. The van der Waals surface area contributed by atoms with Crippen molar-refractivity contribution in [1.82, 2.24) is 29.3 Å². The molecule has 1 N–H and O–H groups in total. The number of likely N-dealkylation sites (tertiary alicyclic amines) is 1. The quantitative estimate of drug-likeness (QED) is 0.274. The van der Waals surface area contributed by atoms with Gasteiger partial charge in [0.1, 0.15) is 17.2 Å². The Hall–Kier alpha value is -3.98. The van der Waals surface area contributed by atoms with Crippen LogP contribution in [0.1, 0.15) is 72.6 Å². The first-order valence-corrected chi connectivity index (χ1v) is 16.2. The average Bonchev–Trinajstić information content (AvgIpc) is 3.79. The van der Waals surface area contributed by atoms with Gasteiger partial charge in [0.15, 0.2) is 0 Å². The Morgan fingerprint density at radius 2 is 1.73 bits per heavy atom. The SMILES string of the molecule is Cc1ccc(N2CCC3(CCN(Cc4ccc(Nc5ncc6cc(C(=O)N(C)C)n(C7CCCC7)c6n5)nc4)CC3)C2)cc1. The topological polar surface area (TPSA) is 82.4 Å². The van der Waals surface area contributed by atoms with Gasteiger partial charge < -0.3 is 19.7 Å². The fraction of sp³-hybridized carbons (Fsp3) is 0.486. The summed E-state index contributed by atoms with van der Waals surface area (Å²) < 4.78 is 2.14. The van der Waals surface area contributed by atoms with Crippen molar-refractivity contribution in [2.75, 3.05) is 50.5 Å². The second-order valence-electron chi connectivity index (χ2n) is 13.5. The van der Waals surface area contributed by atoms with Gasteiger partial charge in [-0.2, -0.15) is 4.98 Å². The summed E-state index contributed by atoms with van der Waals surface area (Å²) >= 11 is 0. The van der Waals surface area contributed by atoms with Gasteiger partial charge in [0.25, 0.3) is 5.91 Å². The Labute approximate surface area is 260 Å². The molecule has 1 aromatic carbocycles. The molecule has 2 aliphatic heterocycles. The second kappa shape index (κ2) is 11.8. The third-order valence-electron chi connectivity index (χ3n) is 10.1. The molecule has 7 rings (SSSR count). The number of hydrogen-bond acceptors (Lipinski definition) is 7. The maximum atomic E-state index is 13.0. The van der Waals surface area contributed by atoms with Gasteiger partial charge in [-0.25, -0.2) is 9.97 Å². The molecule has 9 nitrogen and oxygen atoms in total. The van der Waals surface area contributed by atoms with Gasteiger partial charge in [-0.15, -0.1) is 0 Å². The third-order valence-corrected chi connectivity index (χ3v) is 10.1. The first-order chi connectivity index (χ1) is 21.4. The van der Waals surface area contributed by atoms with Crippen LogP contribution in [0, 0.1) is 12.3 Å². The van der Waals surface area contributed by atoms with Crippen LogP contribution in [-0.2, 0) is 6.54 Å². The highest BCUT2D eigenvalue weighted by molar-refractivity contribution is 5.97. The molecule has 1 spiro atoms. The predicted molar refractivity (Wildman–Crippen MR) is 176 cm³/mol. The zero-order chi connectivity index (χ0) is 30.3. The number of hydrogen-bond donors (Lipinski definition) is 1. The molecule has 0 bridgehead atoms. The van der Waals surface area contributed by atoms with E-state index in [1.165, 1.54) is 62.0 Å². The maximum Gasteiger partial charge on any atom is 0.270 e. The molecule has 1 amide bonds. The minimum Gasteiger partial charge on any atom is -0.371 e. The lowest BCUT2D eigenvalue weighted by Crippen LogP contribution is -2.41. The van der Waals surface area contributed by atoms with Crippen LogP contribution in [0.3, 0.4) is 0 Å². The van der Waals surface area contributed by atoms with Gasteiger partial charge in [0.2, 0.25) is 5.95 Å². The lowest BCUT2D eigenvalue weighted by molar-refractivity contribution is 0.0815. The fourth-order valence-corrected chi connectivity index (χ4v) is 7.46. The van der Waals surface area contributed by atoms with E-state index in [1.54, 1.807) is 19.0 Å². The van der Waals surface area contributed by atoms with Crippen molar-refractivity contribution in [3.05, 3.63) is 71.7 Å². The van der Waals surface area contributed by atoms with Crippen molar-refractivity contribution in [2.45, 2.75) is 64.5 Å². The first kappa shape index (κ1) is 28.8. The summed E-state index contributed by atoms with van der Waals surface area (Å²) in [6.07, 6.45) is 12.1. The molecule has 1 saturated carbocycles. The minimum absolute atomic E-state index is 0.00185. The summed E-state index contributed by atoms with van der Waals surface area (Å²) in [5.41, 5.74) is 5.85. The Bertz CT molecular complexity index is 1610. The van der Waals surface area contributed by atoms with Crippen LogP contribution in [-0.4, -0.2) is 75.5 Å². The van der Waals surface area contributed by atoms with E-state index in [2.05, 4.69) is 61.9 Å². The molecular formula is C35H44N8O. The standard InChI is InChI=1S/C35H44N8O/c1-25-8-11-28(12-9-25)42-19-16-35(24-42)14-17-41(18-15-35)23-26-10-13-31(36-21-26)38-34-37-22-27-20-30(33(44)40(2)3)43(32(27)39-34)29-6-4-5-7-29/h8-13,20-22,29H,4-7,14-19,23-24H2,1-3H3,(H,36,37,38,39). The predicted octanol–water partition coefficient (Wildman–Crippen LogP) is 6.19. The smallest absolute Gasteiger partial charge is 0.270 e. The summed E-state index contributed by atoms with van der Waals surface area (Å²) in [5.74, 6) is 1.21. The number of aryl methyl sites for hydroxylation is 1. The van der Waals surface area contributed by atoms with Gasteiger partial charge in [0.05, 0.1) is 0 Å². The van der Waals surface area contributed by atoms with E-state index < -0.39 is 0 Å². The van der Waals surface area contributed by atoms with Gasteiger partial charge in [-0.1, -0.05) is 36.6 Å². The van der Waals surface area contributed by atoms with E-state index in [0.29, 0.717) is 17.1 Å². The molecule has 1 aliphatic carbocycles. The average molecular weight is 593 g/mol. The number of amides is 1. The minimum atomic E-state index is -0.00185. The van der Waals surface area contributed by atoms with Crippen LogP contribution < -0.4 is 10.2 Å². The normalized spacial score (nSPS) is 18.8. The van der Waals surface area contributed by atoms with Crippen LogP contribution in [0.25, 0.3) is 11.0 Å². The lowest BCUT2D eigenvalue weighted by atomic mass is 9.77. The number of anilines is 3. The second-order valence-corrected chi connectivity index (χ2v) is 13.5. The van der Waals surface area contributed by atoms with E-state index in [1.807, 2.05) is 24.5 Å². The number of rotatable bonds is 7. The van der Waals surface area contributed by atoms with E-state index in [9.17, 15) is 4.79 Å². The molecule has 0 radical (unpaired) electrons. The van der Waals surface area contributed by atoms with E-state index in [0.717, 1.165) is 49.3 Å². The molecule has 0 atom stereocenters. The number of carbonyl (C=O) groups is 1. The number of carbonyl (C=O) groups excluding carboxylic acids is 1. The van der Waals surface area contributed by atoms with Crippen molar-refractivity contribution in [2.24, 2.45) is 5.41 Å². The molecule has 9 heteroatoms. The zero-order valence-electron chi connectivity index (χ0n) is 26.3. The highest BCUT2D eigenvalue weighted by atomic mass is 16.2. The lowest BCUT2D eigenvalue weighted by Gasteiger charge is -2.39. The van der Waals surface area contributed by atoms with Crippen molar-refractivity contribution in [3.8, 4) is 0 Å². The largest absolute Gasteiger partial charge is 0.371 e. The van der Waals surface area contributed by atoms with Crippen molar-refractivity contribution in [3.63, 3.8) is 0 Å². The van der Waals surface area contributed by atoms with Crippen molar-refractivity contribution >= 4 is 34.4 Å². The number of nitrogens with one attached hydrogen (secondary N) is 1. The summed E-state index contributed by atoms with van der Waals surface area (Å²) in [4.78, 5) is 33.9. The highest BCUT2D eigenvalue weighted by Gasteiger charge is 2.40. The van der Waals surface area contributed by atoms with Crippen LogP contribution in [0.5, 0.6) is 0 Å². The Morgan fingerprint density at radius 3 is 2.43 bits per heavy atom.